The average molecular weight is 399 g/mol. The van der Waals surface area contributed by atoms with Crippen LogP contribution in [0.2, 0.25) is 0 Å². The maximum absolute atomic E-state index is 12.1. The van der Waals surface area contributed by atoms with Crippen molar-refractivity contribution in [2.24, 2.45) is 0 Å². The van der Waals surface area contributed by atoms with E-state index in [2.05, 4.69) is 28.3 Å². The van der Waals surface area contributed by atoms with Gasteiger partial charge < -0.3 is 14.0 Å². The van der Waals surface area contributed by atoms with Crippen LogP contribution in [-0.2, 0) is 11.3 Å². The molecule has 4 rings (SSSR count). The molecule has 0 amide bonds. The molecule has 0 aliphatic rings. The first-order valence-corrected chi connectivity index (χ1v) is 9.44. The standard InChI is InChI=1S/C24H21N3O3/c1-4-16-8-7-9-17(12-16)15-27-22-20(26-23(27)19-10-5-6-11-25-19)13-18(24(28)30-3)14-21(22)29-2/h4-14H,1,15H2,2-3H3. The largest absolute Gasteiger partial charge is 0.494 e. The van der Waals surface area contributed by atoms with Gasteiger partial charge >= 0.3 is 5.97 Å². The second kappa shape index (κ2) is 8.21. The van der Waals surface area contributed by atoms with E-state index in [-0.39, 0.29) is 0 Å². The predicted molar refractivity (Wildman–Crippen MR) is 116 cm³/mol. The molecule has 0 radical (unpaired) electrons. The number of hydrogen-bond donors (Lipinski definition) is 0. The van der Waals surface area contributed by atoms with Crippen molar-refractivity contribution < 1.29 is 14.3 Å². The monoisotopic (exact) mass is 399 g/mol. The molecule has 0 aliphatic carbocycles. The molecule has 30 heavy (non-hydrogen) atoms. The smallest absolute Gasteiger partial charge is 0.338 e. The highest BCUT2D eigenvalue weighted by molar-refractivity contribution is 5.97. The molecular weight excluding hydrogens is 378 g/mol. The number of esters is 1. The van der Waals surface area contributed by atoms with Crippen molar-refractivity contribution >= 4 is 23.1 Å². The van der Waals surface area contributed by atoms with Gasteiger partial charge in [0, 0.05) is 12.7 Å². The second-order valence-electron chi connectivity index (χ2n) is 6.72. The fourth-order valence-electron chi connectivity index (χ4n) is 3.47. The van der Waals surface area contributed by atoms with E-state index in [9.17, 15) is 4.79 Å². The number of aromatic nitrogens is 3. The maximum Gasteiger partial charge on any atom is 0.338 e. The highest BCUT2D eigenvalue weighted by atomic mass is 16.5. The van der Waals surface area contributed by atoms with Gasteiger partial charge in [0.15, 0.2) is 5.82 Å². The Morgan fingerprint density at radius 3 is 2.70 bits per heavy atom. The Hall–Kier alpha value is -3.93. The lowest BCUT2D eigenvalue weighted by atomic mass is 10.1. The molecule has 0 unspecified atom stereocenters. The third-order valence-electron chi connectivity index (χ3n) is 4.87. The lowest BCUT2D eigenvalue weighted by molar-refractivity contribution is 0.0600. The van der Waals surface area contributed by atoms with Crippen LogP contribution in [0.25, 0.3) is 28.6 Å². The molecule has 0 aliphatic heterocycles. The Balaban J connectivity index is 1.97. The van der Waals surface area contributed by atoms with E-state index in [1.54, 1.807) is 25.4 Å². The minimum atomic E-state index is -0.442. The molecule has 6 heteroatoms. The predicted octanol–water partition coefficient (Wildman–Crippen LogP) is 4.58. The zero-order chi connectivity index (χ0) is 21.1. The van der Waals surface area contributed by atoms with Gasteiger partial charge in [-0.15, -0.1) is 0 Å². The van der Waals surface area contributed by atoms with Crippen molar-refractivity contribution in [1.29, 1.82) is 0 Å². The summed E-state index contributed by atoms with van der Waals surface area (Å²) in [7, 11) is 2.93. The van der Waals surface area contributed by atoms with Gasteiger partial charge in [0.25, 0.3) is 0 Å². The number of nitrogens with zero attached hydrogens (tertiary/aromatic N) is 3. The molecule has 0 saturated carbocycles. The summed E-state index contributed by atoms with van der Waals surface area (Å²) in [6.45, 7) is 4.41. The van der Waals surface area contributed by atoms with Crippen LogP contribution < -0.4 is 4.74 Å². The molecule has 4 aromatic rings. The number of benzene rings is 2. The van der Waals surface area contributed by atoms with Crippen molar-refractivity contribution in [3.8, 4) is 17.3 Å². The first-order chi connectivity index (χ1) is 14.6. The summed E-state index contributed by atoms with van der Waals surface area (Å²) in [4.78, 5) is 21.4. The fraction of sp³-hybridized carbons (Fsp3) is 0.125. The molecule has 2 heterocycles. The van der Waals surface area contributed by atoms with Gasteiger partial charge in [-0.05, 0) is 41.5 Å². The first kappa shape index (κ1) is 19.4. The number of methoxy groups -OCH3 is 2. The quantitative estimate of drug-likeness (QED) is 0.444. The minimum Gasteiger partial charge on any atom is -0.494 e. The van der Waals surface area contributed by atoms with Gasteiger partial charge in [0.2, 0.25) is 0 Å². The van der Waals surface area contributed by atoms with E-state index >= 15 is 0 Å². The molecule has 2 aromatic heterocycles. The summed E-state index contributed by atoms with van der Waals surface area (Å²) in [6, 6.07) is 17.2. The molecule has 150 valence electrons. The number of pyridine rings is 1. The van der Waals surface area contributed by atoms with E-state index < -0.39 is 5.97 Å². The van der Waals surface area contributed by atoms with Crippen molar-refractivity contribution in [2.75, 3.05) is 14.2 Å². The van der Waals surface area contributed by atoms with Crippen molar-refractivity contribution in [3.05, 3.63) is 84.1 Å². The molecule has 0 saturated heterocycles. The maximum atomic E-state index is 12.1. The van der Waals surface area contributed by atoms with Crippen LogP contribution in [0.4, 0.5) is 0 Å². The summed E-state index contributed by atoms with van der Waals surface area (Å²) in [5, 5.41) is 0. The van der Waals surface area contributed by atoms with Gasteiger partial charge in [-0.25, -0.2) is 9.78 Å². The van der Waals surface area contributed by atoms with Gasteiger partial charge in [-0.1, -0.05) is 36.9 Å². The van der Waals surface area contributed by atoms with Crippen LogP contribution in [0.3, 0.4) is 0 Å². The van der Waals surface area contributed by atoms with Gasteiger partial charge in [-0.3, -0.25) is 4.98 Å². The highest BCUT2D eigenvalue weighted by Gasteiger charge is 2.20. The topological polar surface area (TPSA) is 66.2 Å². The number of carbonyl (C=O) groups excluding carboxylic acids is 1. The van der Waals surface area contributed by atoms with Crippen LogP contribution in [-0.4, -0.2) is 34.7 Å². The van der Waals surface area contributed by atoms with Crippen LogP contribution in [0.1, 0.15) is 21.5 Å². The van der Waals surface area contributed by atoms with E-state index in [0.29, 0.717) is 29.2 Å². The third-order valence-corrected chi connectivity index (χ3v) is 4.87. The Kier molecular flexibility index (Phi) is 5.30. The van der Waals surface area contributed by atoms with Crippen LogP contribution in [0, 0.1) is 0 Å². The van der Waals surface area contributed by atoms with E-state index in [1.165, 1.54) is 7.11 Å². The molecule has 0 bridgehead atoms. The zero-order valence-electron chi connectivity index (χ0n) is 16.8. The molecular formula is C24H21N3O3. The number of carbonyl (C=O) groups is 1. The summed E-state index contributed by atoms with van der Waals surface area (Å²) in [5.41, 5.74) is 4.66. The van der Waals surface area contributed by atoms with Gasteiger partial charge in [-0.2, -0.15) is 0 Å². The average Bonchev–Trinajstić information content (AvgIpc) is 3.16. The Morgan fingerprint density at radius 1 is 1.13 bits per heavy atom. The van der Waals surface area contributed by atoms with Gasteiger partial charge in [0.1, 0.15) is 17.0 Å². The number of hydrogen-bond acceptors (Lipinski definition) is 5. The minimum absolute atomic E-state index is 0.382. The highest BCUT2D eigenvalue weighted by Crippen LogP contribution is 2.33. The number of rotatable bonds is 6. The SMILES string of the molecule is C=Cc1cccc(Cn2c(-c3ccccn3)nc3cc(C(=O)OC)cc(OC)c32)c1. The molecule has 0 spiro atoms. The van der Waals surface area contributed by atoms with E-state index in [4.69, 9.17) is 14.5 Å². The lowest BCUT2D eigenvalue weighted by Crippen LogP contribution is -2.05. The fourth-order valence-corrected chi connectivity index (χ4v) is 3.47. The van der Waals surface area contributed by atoms with E-state index in [0.717, 1.165) is 22.3 Å². The van der Waals surface area contributed by atoms with Gasteiger partial charge in [0.05, 0.1) is 25.3 Å². The molecule has 0 atom stereocenters. The molecule has 0 N–H and O–H groups in total. The number of imidazole rings is 1. The molecule has 0 fully saturated rings. The summed E-state index contributed by atoms with van der Waals surface area (Å²) < 4.78 is 12.6. The Morgan fingerprint density at radius 2 is 2.00 bits per heavy atom. The number of fused-ring (bicyclic) bond motifs is 1. The van der Waals surface area contributed by atoms with Crippen molar-refractivity contribution in [1.82, 2.24) is 14.5 Å². The normalized spacial score (nSPS) is 10.7. The summed E-state index contributed by atoms with van der Waals surface area (Å²) in [5.74, 6) is 0.792. The summed E-state index contributed by atoms with van der Waals surface area (Å²) >= 11 is 0. The van der Waals surface area contributed by atoms with Crippen LogP contribution >= 0.6 is 0 Å². The van der Waals surface area contributed by atoms with Crippen molar-refractivity contribution in [2.45, 2.75) is 6.54 Å². The van der Waals surface area contributed by atoms with Crippen LogP contribution in [0.15, 0.2) is 67.4 Å². The van der Waals surface area contributed by atoms with Crippen LogP contribution in [0.5, 0.6) is 5.75 Å². The Labute approximate surface area is 174 Å². The first-order valence-electron chi connectivity index (χ1n) is 9.44. The zero-order valence-corrected chi connectivity index (χ0v) is 16.8. The van der Waals surface area contributed by atoms with Crippen molar-refractivity contribution in [3.63, 3.8) is 0 Å². The molecule has 6 nitrogen and oxygen atoms in total. The van der Waals surface area contributed by atoms with E-state index in [1.807, 2.05) is 36.4 Å². The summed E-state index contributed by atoms with van der Waals surface area (Å²) in [6.07, 6.45) is 3.55. The Bertz CT molecular complexity index is 1230. The number of ether oxygens (including phenoxy) is 2. The molecule has 2 aromatic carbocycles. The third kappa shape index (κ3) is 3.55. The second-order valence-corrected chi connectivity index (χ2v) is 6.72. The lowest BCUT2D eigenvalue weighted by Gasteiger charge is -2.12.